The Balaban J connectivity index is 3.97. The Morgan fingerprint density at radius 3 is 2.41 bits per heavy atom. The maximum atomic E-state index is 4.64. The fourth-order valence-electron chi connectivity index (χ4n) is 1.53. The van der Waals surface area contributed by atoms with Gasteiger partial charge in [0, 0.05) is 19.6 Å². The Bertz CT molecular complexity index is 191. The minimum absolute atomic E-state index is 0.719. The van der Waals surface area contributed by atoms with Gasteiger partial charge < -0.3 is 10.6 Å². The molecule has 0 amide bonds. The van der Waals surface area contributed by atoms with Gasteiger partial charge in [0.2, 0.25) is 0 Å². The second kappa shape index (κ2) is 12.1. The first-order valence-corrected chi connectivity index (χ1v) is 8.18. The molecular weight excluding hydrogens is 230 g/mol. The van der Waals surface area contributed by atoms with Crippen molar-refractivity contribution in [2.24, 2.45) is 10.9 Å². The summed E-state index contributed by atoms with van der Waals surface area (Å²) in [7, 11) is 0. The van der Waals surface area contributed by atoms with Crippen molar-refractivity contribution in [2.75, 3.05) is 31.6 Å². The second-order valence-corrected chi connectivity index (χ2v) is 5.16. The summed E-state index contributed by atoms with van der Waals surface area (Å²) in [6, 6.07) is 0. The number of guanidine groups is 1. The lowest BCUT2D eigenvalue weighted by Crippen LogP contribution is -2.38. The van der Waals surface area contributed by atoms with Crippen molar-refractivity contribution in [3.05, 3.63) is 0 Å². The molecule has 4 heteroatoms. The highest BCUT2D eigenvalue weighted by Crippen LogP contribution is 2.07. The Labute approximate surface area is 111 Å². The Kier molecular flexibility index (Phi) is 11.8. The van der Waals surface area contributed by atoms with Crippen LogP contribution in [0.2, 0.25) is 0 Å². The van der Waals surface area contributed by atoms with Gasteiger partial charge in [-0.25, -0.2) is 0 Å². The van der Waals surface area contributed by atoms with Crippen LogP contribution in [0.5, 0.6) is 0 Å². The van der Waals surface area contributed by atoms with E-state index < -0.39 is 0 Å². The molecule has 0 saturated carbocycles. The van der Waals surface area contributed by atoms with Crippen LogP contribution in [-0.2, 0) is 0 Å². The lowest BCUT2D eigenvalue weighted by Gasteiger charge is -2.13. The standard InChI is InChI=1S/C13H29N3S/c1-5-12(6-2)11-16-13(14-7-3)15-9-8-10-17-4/h12H,5-11H2,1-4H3,(H2,14,15,16). The monoisotopic (exact) mass is 259 g/mol. The average Bonchev–Trinajstić information content (AvgIpc) is 2.35. The third-order valence-corrected chi connectivity index (χ3v) is 3.52. The molecule has 0 radical (unpaired) electrons. The van der Waals surface area contributed by atoms with Crippen molar-refractivity contribution in [1.29, 1.82) is 0 Å². The molecule has 102 valence electrons. The largest absolute Gasteiger partial charge is 0.357 e. The predicted octanol–water partition coefficient (Wildman–Crippen LogP) is 2.73. The molecule has 2 N–H and O–H groups in total. The maximum Gasteiger partial charge on any atom is 0.191 e. The van der Waals surface area contributed by atoms with Crippen LogP contribution in [0.15, 0.2) is 4.99 Å². The fourth-order valence-corrected chi connectivity index (χ4v) is 1.97. The van der Waals surface area contributed by atoms with E-state index in [1.165, 1.54) is 25.0 Å². The number of hydrogen-bond donors (Lipinski definition) is 2. The minimum Gasteiger partial charge on any atom is -0.357 e. The van der Waals surface area contributed by atoms with Crippen molar-refractivity contribution >= 4 is 17.7 Å². The number of nitrogens with zero attached hydrogens (tertiary/aromatic N) is 1. The van der Waals surface area contributed by atoms with Crippen molar-refractivity contribution in [3.63, 3.8) is 0 Å². The van der Waals surface area contributed by atoms with Gasteiger partial charge in [0.05, 0.1) is 0 Å². The molecule has 0 aromatic rings. The number of thioether (sulfide) groups is 1. The van der Waals surface area contributed by atoms with Crippen LogP contribution < -0.4 is 10.6 Å². The van der Waals surface area contributed by atoms with Crippen molar-refractivity contribution in [3.8, 4) is 0 Å². The summed E-state index contributed by atoms with van der Waals surface area (Å²) >= 11 is 1.89. The summed E-state index contributed by atoms with van der Waals surface area (Å²) in [5.41, 5.74) is 0. The first kappa shape index (κ1) is 16.6. The van der Waals surface area contributed by atoms with E-state index >= 15 is 0 Å². The minimum atomic E-state index is 0.719. The Morgan fingerprint density at radius 1 is 1.18 bits per heavy atom. The zero-order valence-corrected chi connectivity index (χ0v) is 12.7. The zero-order valence-electron chi connectivity index (χ0n) is 11.9. The van der Waals surface area contributed by atoms with E-state index in [-0.39, 0.29) is 0 Å². The van der Waals surface area contributed by atoms with Gasteiger partial charge in [-0.2, -0.15) is 11.8 Å². The zero-order chi connectivity index (χ0) is 12.9. The van der Waals surface area contributed by atoms with Crippen molar-refractivity contribution < 1.29 is 0 Å². The molecule has 0 fully saturated rings. The van der Waals surface area contributed by atoms with E-state index in [9.17, 15) is 0 Å². The molecule has 0 aromatic carbocycles. The summed E-state index contributed by atoms with van der Waals surface area (Å²) < 4.78 is 0. The van der Waals surface area contributed by atoms with E-state index in [2.05, 4.69) is 42.7 Å². The summed E-state index contributed by atoms with van der Waals surface area (Å²) in [6.07, 6.45) is 5.76. The molecule has 0 saturated heterocycles. The first-order valence-electron chi connectivity index (χ1n) is 6.79. The lowest BCUT2D eigenvalue weighted by atomic mass is 10.0. The topological polar surface area (TPSA) is 36.4 Å². The smallest absolute Gasteiger partial charge is 0.191 e. The summed E-state index contributed by atoms with van der Waals surface area (Å²) in [5.74, 6) is 2.90. The SMILES string of the molecule is CCNC(=NCC(CC)CC)NCCCSC. The maximum absolute atomic E-state index is 4.64. The number of hydrogen-bond acceptors (Lipinski definition) is 2. The molecule has 3 nitrogen and oxygen atoms in total. The van der Waals surface area contributed by atoms with E-state index in [0.717, 1.165) is 31.5 Å². The van der Waals surface area contributed by atoms with Gasteiger partial charge in [0.1, 0.15) is 0 Å². The molecule has 0 aromatic heterocycles. The van der Waals surface area contributed by atoms with E-state index in [4.69, 9.17) is 0 Å². The molecular formula is C13H29N3S. The predicted molar refractivity (Wildman–Crippen MR) is 81.1 cm³/mol. The third-order valence-electron chi connectivity index (χ3n) is 2.82. The number of nitrogens with one attached hydrogen (secondary N) is 2. The number of aliphatic imine (C=N–C) groups is 1. The van der Waals surface area contributed by atoms with Crippen LogP contribution in [0.3, 0.4) is 0 Å². The van der Waals surface area contributed by atoms with Gasteiger partial charge in [-0.05, 0) is 31.3 Å². The van der Waals surface area contributed by atoms with Crippen LogP contribution >= 0.6 is 11.8 Å². The van der Waals surface area contributed by atoms with Crippen LogP contribution in [-0.4, -0.2) is 37.6 Å². The molecule has 0 atom stereocenters. The summed E-state index contributed by atoms with van der Waals surface area (Å²) in [4.78, 5) is 4.64. The molecule has 0 unspecified atom stereocenters. The van der Waals surface area contributed by atoms with Gasteiger partial charge in [-0.15, -0.1) is 0 Å². The molecule has 0 heterocycles. The Hall–Kier alpha value is -0.380. The van der Waals surface area contributed by atoms with E-state index in [1.807, 2.05) is 11.8 Å². The summed E-state index contributed by atoms with van der Waals surface area (Å²) in [6.45, 7) is 9.46. The van der Waals surface area contributed by atoms with Gasteiger partial charge in [0.15, 0.2) is 5.96 Å². The normalized spacial score (nSPS) is 11.9. The highest BCUT2D eigenvalue weighted by Gasteiger charge is 2.03. The molecule has 0 bridgehead atoms. The quantitative estimate of drug-likeness (QED) is 0.380. The van der Waals surface area contributed by atoms with Crippen LogP contribution in [0.4, 0.5) is 0 Å². The third kappa shape index (κ3) is 9.33. The van der Waals surface area contributed by atoms with Gasteiger partial charge in [0.25, 0.3) is 0 Å². The number of rotatable bonds is 9. The Morgan fingerprint density at radius 2 is 1.88 bits per heavy atom. The highest BCUT2D eigenvalue weighted by molar-refractivity contribution is 7.98. The van der Waals surface area contributed by atoms with Gasteiger partial charge in [-0.1, -0.05) is 26.7 Å². The first-order chi connectivity index (χ1) is 8.28. The molecule has 0 aliphatic carbocycles. The molecule has 0 aliphatic rings. The molecule has 0 rings (SSSR count). The van der Waals surface area contributed by atoms with Gasteiger partial charge >= 0.3 is 0 Å². The summed E-state index contributed by atoms with van der Waals surface area (Å²) in [5, 5.41) is 6.68. The molecule has 17 heavy (non-hydrogen) atoms. The van der Waals surface area contributed by atoms with E-state index in [0.29, 0.717) is 0 Å². The van der Waals surface area contributed by atoms with Crippen LogP contribution in [0.1, 0.15) is 40.0 Å². The molecule has 0 spiro atoms. The lowest BCUT2D eigenvalue weighted by molar-refractivity contribution is 0.504. The second-order valence-electron chi connectivity index (χ2n) is 4.18. The van der Waals surface area contributed by atoms with Crippen molar-refractivity contribution in [2.45, 2.75) is 40.0 Å². The highest BCUT2D eigenvalue weighted by atomic mass is 32.2. The average molecular weight is 259 g/mol. The van der Waals surface area contributed by atoms with Crippen LogP contribution in [0.25, 0.3) is 0 Å². The van der Waals surface area contributed by atoms with E-state index in [1.54, 1.807) is 0 Å². The molecule has 0 aliphatic heterocycles. The van der Waals surface area contributed by atoms with Crippen molar-refractivity contribution in [1.82, 2.24) is 10.6 Å². The van der Waals surface area contributed by atoms with Gasteiger partial charge in [-0.3, -0.25) is 4.99 Å². The fraction of sp³-hybridized carbons (Fsp3) is 0.923. The van der Waals surface area contributed by atoms with Crippen LogP contribution in [0, 0.1) is 5.92 Å².